The minimum atomic E-state index is -0.998. The maximum atomic E-state index is 12.0. The normalized spacial score (nSPS) is 13.9. The van der Waals surface area contributed by atoms with Crippen LogP contribution in [0.4, 0.5) is 0 Å². The molecule has 54 heavy (non-hydrogen) atoms. The molecule has 0 spiro atoms. The Bertz CT molecular complexity index is 980. The highest BCUT2D eigenvalue weighted by Gasteiger charge is 2.12. The van der Waals surface area contributed by atoms with E-state index in [2.05, 4.69) is 56.4 Å². The third-order valence-electron chi connectivity index (χ3n) is 9.97. The Morgan fingerprint density at radius 3 is 1.37 bits per heavy atom. The van der Waals surface area contributed by atoms with Gasteiger partial charge in [0.25, 0.3) is 0 Å². The van der Waals surface area contributed by atoms with Gasteiger partial charge in [0.05, 0.1) is 6.10 Å². The van der Waals surface area contributed by atoms with Crippen LogP contribution in [0.3, 0.4) is 0 Å². The average molecular weight is 757 g/mol. The Kier molecular flexibility index (Phi) is 39.8. The van der Waals surface area contributed by atoms with Gasteiger partial charge in [-0.25, -0.2) is 0 Å². The van der Waals surface area contributed by atoms with E-state index in [1.54, 1.807) is 6.08 Å². The predicted octanol–water partition coefficient (Wildman–Crippen LogP) is 13.2. The third kappa shape index (κ3) is 40.7. The second-order valence-electron chi connectivity index (χ2n) is 15.2. The summed E-state index contributed by atoms with van der Waals surface area (Å²) in [5.41, 5.74) is 0. The Hall–Kier alpha value is -2.44. The smallest absolute Gasteiger partial charge is 0.305 e. The molecule has 0 aromatic carbocycles. The molecule has 0 aromatic rings. The molecule has 0 aliphatic rings. The third-order valence-corrected chi connectivity index (χ3v) is 9.97. The van der Waals surface area contributed by atoms with Gasteiger partial charge in [0.15, 0.2) is 0 Å². The number of unbranched alkanes of at least 4 members (excludes halogenated alkanes) is 18. The van der Waals surface area contributed by atoms with Gasteiger partial charge < -0.3 is 19.7 Å². The lowest BCUT2D eigenvalue weighted by Gasteiger charge is -2.12. The zero-order valence-electron chi connectivity index (χ0n) is 35.2. The number of aliphatic hydroxyl groups excluding tert-OH is 2. The number of hydrogen-bond donors (Lipinski definition) is 2. The molecule has 0 radical (unpaired) electrons. The summed E-state index contributed by atoms with van der Waals surface area (Å²) in [6.45, 7) is 6.33. The molecule has 0 saturated heterocycles. The first-order valence-electron chi connectivity index (χ1n) is 22.3. The number of carbonyl (C=O) groups is 2. The summed E-state index contributed by atoms with van der Waals surface area (Å²) >= 11 is 0. The van der Waals surface area contributed by atoms with Crippen LogP contribution in [0.15, 0.2) is 60.8 Å². The lowest BCUT2D eigenvalue weighted by Crippen LogP contribution is -2.25. The number of hydrogen-bond acceptors (Lipinski definition) is 6. The maximum Gasteiger partial charge on any atom is 0.305 e. The van der Waals surface area contributed by atoms with Gasteiger partial charge in [-0.05, 0) is 50.9 Å². The number of aliphatic hydroxyl groups is 2. The SMILES string of the molecule is CCC(C)CCCCCCCCCCCCCCCCCCCCC(=O)OC[C@@H](O)COC(=O)CCC/C=C\C/C=C\C/C=C\C/C=C\C=C\[C@@H](O)CC. The predicted molar refractivity (Wildman–Crippen MR) is 229 cm³/mol. The van der Waals surface area contributed by atoms with Crippen LogP contribution in [0.25, 0.3) is 0 Å². The molecule has 0 aliphatic heterocycles. The highest BCUT2D eigenvalue weighted by atomic mass is 16.6. The van der Waals surface area contributed by atoms with Crippen LogP contribution >= 0.6 is 0 Å². The lowest BCUT2D eigenvalue weighted by molar-refractivity contribution is -0.152. The van der Waals surface area contributed by atoms with E-state index in [0.29, 0.717) is 19.3 Å². The van der Waals surface area contributed by atoms with Crippen molar-refractivity contribution >= 4 is 11.9 Å². The summed E-state index contributed by atoms with van der Waals surface area (Å²) in [5, 5.41) is 19.5. The number of allylic oxidation sites excluding steroid dienone is 9. The van der Waals surface area contributed by atoms with Gasteiger partial charge in [-0.1, -0.05) is 204 Å². The van der Waals surface area contributed by atoms with Crippen LogP contribution in [0.2, 0.25) is 0 Å². The summed E-state index contributed by atoms with van der Waals surface area (Å²) in [7, 11) is 0. The second kappa shape index (κ2) is 41.7. The topological polar surface area (TPSA) is 93.1 Å². The Morgan fingerprint density at radius 1 is 0.500 bits per heavy atom. The van der Waals surface area contributed by atoms with Crippen molar-refractivity contribution < 1.29 is 29.3 Å². The number of carbonyl (C=O) groups excluding carboxylic acids is 2. The quantitative estimate of drug-likeness (QED) is 0.0281. The zero-order chi connectivity index (χ0) is 39.6. The fraction of sp³-hybridized carbons (Fsp3) is 0.750. The van der Waals surface area contributed by atoms with Gasteiger partial charge in [-0.2, -0.15) is 0 Å². The first kappa shape index (κ1) is 51.6. The standard InChI is InChI=1S/C48H84O6/c1-4-44(3)38-34-30-26-22-18-14-10-8-6-7-9-11-16-20-24-28-32-36-40-47(51)53-42-46(50)43-54-48(52)41-37-33-29-25-21-17-13-12-15-19-23-27-31-35-39-45(49)5-2/h13,15,17,19,25,27,29,31,35,39,44-46,49-50H,4-12,14,16,18,20-24,26,28,30,32-34,36-38,40-43H2,1-3H3/b17-13-,19-15-,29-25-,31-27-,39-35+/t44?,45-,46+/m0/s1. The molecule has 312 valence electrons. The van der Waals surface area contributed by atoms with Crippen LogP contribution in [0, 0.1) is 5.92 Å². The summed E-state index contributed by atoms with van der Waals surface area (Å²) < 4.78 is 10.3. The summed E-state index contributed by atoms with van der Waals surface area (Å²) in [6, 6.07) is 0. The van der Waals surface area contributed by atoms with E-state index < -0.39 is 6.10 Å². The minimum Gasteiger partial charge on any atom is -0.463 e. The molecule has 6 nitrogen and oxygen atoms in total. The van der Waals surface area contributed by atoms with Gasteiger partial charge in [0.1, 0.15) is 19.3 Å². The summed E-state index contributed by atoms with van der Waals surface area (Å²) in [5.74, 6) is 0.263. The van der Waals surface area contributed by atoms with Gasteiger partial charge in [-0.3, -0.25) is 9.59 Å². The van der Waals surface area contributed by atoms with Gasteiger partial charge in [-0.15, -0.1) is 0 Å². The van der Waals surface area contributed by atoms with Gasteiger partial charge >= 0.3 is 11.9 Å². The molecule has 0 aliphatic carbocycles. The highest BCUT2D eigenvalue weighted by molar-refractivity contribution is 5.69. The van der Waals surface area contributed by atoms with Crippen molar-refractivity contribution in [3.05, 3.63) is 60.8 Å². The van der Waals surface area contributed by atoms with Crippen molar-refractivity contribution in [2.24, 2.45) is 5.92 Å². The van der Waals surface area contributed by atoms with Crippen molar-refractivity contribution in [1.29, 1.82) is 0 Å². The number of rotatable bonds is 39. The first-order chi connectivity index (χ1) is 26.4. The molecule has 1 unspecified atom stereocenters. The van der Waals surface area contributed by atoms with Crippen molar-refractivity contribution in [1.82, 2.24) is 0 Å². The molecule has 0 aromatic heterocycles. The van der Waals surface area contributed by atoms with E-state index in [1.807, 2.05) is 19.1 Å². The molecule has 0 saturated carbocycles. The van der Waals surface area contributed by atoms with Crippen LogP contribution in [-0.4, -0.2) is 47.6 Å². The van der Waals surface area contributed by atoms with E-state index in [4.69, 9.17) is 9.47 Å². The van der Waals surface area contributed by atoms with E-state index in [-0.39, 0.29) is 31.3 Å². The summed E-state index contributed by atoms with van der Waals surface area (Å²) in [6.07, 6.45) is 50.9. The molecule has 3 atom stereocenters. The molecule has 6 heteroatoms. The maximum absolute atomic E-state index is 12.0. The second-order valence-corrected chi connectivity index (χ2v) is 15.2. The van der Waals surface area contributed by atoms with Crippen molar-refractivity contribution in [2.75, 3.05) is 13.2 Å². The van der Waals surface area contributed by atoms with Crippen LogP contribution < -0.4 is 0 Å². The molecule has 0 heterocycles. The number of esters is 2. The molecular formula is C48H84O6. The molecule has 0 rings (SSSR count). The van der Waals surface area contributed by atoms with Gasteiger partial charge in [0, 0.05) is 12.8 Å². The van der Waals surface area contributed by atoms with E-state index in [9.17, 15) is 19.8 Å². The molecular weight excluding hydrogens is 673 g/mol. The monoisotopic (exact) mass is 757 g/mol. The molecule has 2 N–H and O–H groups in total. The number of ether oxygens (including phenoxy) is 2. The minimum absolute atomic E-state index is 0.142. The average Bonchev–Trinajstić information content (AvgIpc) is 3.17. The fourth-order valence-electron chi connectivity index (χ4n) is 6.05. The molecule has 0 fully saturated rings. The largest absolute Gasteiger partial charge is 0.463 e. The highest BCUT2D eigenvalue weighted by Crippen LogP contribution is 2.17. The lowest BCUT2D eigenvalue weighted by atomic mass is 9.99. The molecule has 0 amide bonds. The fourth-order valence-corrected chi connectivity index (χ4v) is 6.05. The van der Waals surface area contributed by atoms with Crippen LogP contribution in [-0.2, 0) is 19.1 Å². The Labute approximate surface area is 333 Å². The van der Waals surface area contributed by atoms with E-state index >= 15 is 0 Å². The Balaban J connectivity index is 3.50. The van der Waals surface area contributed by atoms with Crippen LogP contribution in [0.1, 0.15) is 201 Å². The Morgan fingerprint density at radius 2 is 0.907 bits per heavy atom. The van der Waals surface area contributed by atoms with Gasteiger partial charge in [0.2, 0.25) is 0 Å². The zero-order valence-corrected chi connectivity index (χ0v) is 35.2. The summed E-state index contributed by atoms with van der Waals surface area (Å²) in [4.78, 5) is 24.0. The van der Waals surface area contributed by atoms with Crippen LogP contribution in [0.5, 0.6) is 0 Å². The first-order valence-corrected chi connectivity index (χ1v) is 22.3. The van der Waals surface area contributed by atoms with E-state index in [0.717, 1.165) is 57.3 Å². The van der Waals surface area contributed by atoms with E-state index in [1.165, 1.54) is 109 Å². The van der Waals surface area contributed by atoms with Crippen molar-refractivity contribution in [2.45, 2.75) is 213 Å². The van der Waals surface area contributed by atoms with Crippen molar-refractivity contribution in [3.63, 3.8) is 0 Å². The van der Waals surface area contributed by atoms with Crippen molar-refractivity contribution in [3.8, 4) is 0 Å². The molecule has 0 bridgehead atoms.